The topological polar surface area (TPSA) is 63.5 Å². The van der Waals surface area contributed by atoms with Crippen molar-refractivity contribution in [3.8, 4) is 0 Å². The zero-order valence-corrected chi connectivity index (χ0v) is 13.0. The van der Waals surface area contributed by atoms with E-state index in [9.17, 15) is 14.0 Å². The second kappa shape index (κ2) is 5.54. The number of para-hydroxylation sites is 2. The Hall–Kier alpha value is -3.06. The largest absolute Gasteiger partial charge is 0.321 e. The standard InChI is InChI=1S/C17H10FN3O2S/c18-10-4-3-5-11(8-10)19-16(23)14-9-15(22)21-13-7-2-1-6-12(13)20-17(21)24-14/h1-9H,(H,19,23). The molecule has 118 valence electrons. The Balaban J connectivity index is 1.78. The van der Waals surface area contributed by atoms with Crippen LogP contribution in [-0.2, 0) is 0 Å². The van der Waals surface area contributed by atoms with Crippen LogP contribution < -0.4 is 10.9 Å². The molecule has 2 heterocycles. The first kappa shape index (κ1) is 14.5. The SMILES string of the molecule is O=C(Nc1cccc(F)c1)c1cc(=O)n2c(nc3ccccc32)s1. The minimum atomic E-state index is -0.475. The molecule has 1 amide bonds. The van der Waals surface area contributed by atoms with Crippen molar-refractivity contribution in [2.45, 2.75) is 0 Å². The van der Waals surface area contributed by atoms with Crippen LogP contribution in [0, 0.1) is 5.82 Å². The van der Waals surface area contributed by atoms with E-state index in [1.807, 2.05) is 12.1 Å². The number of aromatic nitrogens is 2. The van der Waals surface area contributed by atoms with Crippen molar-refractivity contribution >= 4 is 38.9 Å². The molecule has 0 atom stereocenters. The van der Waals surface area contributed by atoms with Crippen molar-refractivity contribution in [2.75, 3.05) is 5.32 Å². The molecule has 1 N–H and O–H groups in total. The van der Waals surface area contributed by atoms with Gasteiger partial charge in [0.25, 0.3) is 11.5 Å². The lowest BCUT2D eigenvalue weighted by atomic mass is 10.3. The molecule has 0 radical (unpaired) electrons. The molecule has 0 aliphatic rings. The highest BCUT2D eigenvalue weighted by Crippen LogP contribution is 2.20. The molecule has 0 fully saturated rings. The first-order chi connectivity index (χ1) is 11.6. The molecular weight excluding hydrogens is 329 g/mol. The Morgan fingerprint density at radius 2 is 1.96 bits per heavy atom. The third-order valence-corrected chi connectivity index (χ3v) is 4.49. The average molecular weight is 339 g/mol. The minimum Gasteiger partial charge on any atom is -0.321 e. The van der Waals surface area contributed by atoms with Crippen LogP contribution in [0.2, 0.25) is 0 Å². The molecule has 7 heteroatoms. The molecule has 0 saturated heterocycles. The first-order valence-corrected chi connectivity index (χ1v) is 7.92. The quantitative estimate of drug-likeness (QED) is 0.609. The summed E-state index contributed by atoms with van der Waals surface area (Å²) >= 11 is 1.10. The summed E-state index contributed by atoms with van der Waals surface area (Å²) in [6.45, 7) is 0. The van der Waals surface area contributed by atoms with Gasteiger partial charge in [-0.05, 0) is 30.3 Å². The predicted octanol–water partition coefficient (Wildman–Crippen LogP) is 3.30. The monoisotopic (exact) mass is 339 g/mol. The van der Waals surface area contributed by atoms with E-state index in [0.29, 0.717) is 21.7 Å². The summed E-state index contributed by atoms with van der Waals surface area (Å²) in [6, 6.07) is 14.1. The summed E-state index contributed by atoms with van der Waals surface area (Å²) in [7, 11) is 0. The fourth-order valence-electron chi connectivity index (χ4n) is 2.46. The van der Waals surface area contributed by atoms with Gasteiger partial charge in [-0.25, -0.2) is 9.37 Å². The van der Waals surface area contributed by atoms with E-state index in [1.165, 1.54) is 28.7 Å². The molecule has 0 spiro atoms. The van der Waals surface area contributed by atoms with E-state index in [1.54, 1.807) is 18.2 Å². The molecule has 5 nitrogen and oxygen atoms in total. The van der Waals surface area contributed by atoms with Gasteiger partial charge in [-0.2, -0.15) is 0 Å². The maximum Gasteiger partial charge on any atom is 0.266 e. The first-order valence-electron chi connectivity index (χ1n) is 7.10. The number of hydrogen-bond donors (Lipinski definition) is 1. The molecule has 0 aliphatic heterocycles. The summed E-state index contributed by atoms with van der Waals surface area (Å²) in [4.78, 5) is 29.7. The summed E-state index contributed by atoms with van der Waals surface area (Å²) in [5.41, 5.74) is 1.38. The highest BCUT2D eigenvalue weighted by Gasteiger charge is 2.14. The number of carbonyl (C=O) groups is 1. The van der Waals surface area contributed by atoms with Crippen LogP contribution in [0.1, 0.15) is 9.67 Å². The predicted molar refractivity (Wildman–Crippen MR) is 91.2 cm³/mol. The van der Waals surface area contributed by atoms with Gasteiger partial charge in [-0.1, -0.05) is 29.5 Å². The van der Waals surface area contributed by atoms with Gasteiger partial charge in [-0.15, -0.1) is 0 Å². The van der Waals surface area contributed by atoms with Gasteiger partial charge >= 0.3 is 0 Å². The number of benzene rings is 2. The zero-order chi connectivity index (χ0) is 16.7. The lowest BCUT2D eigenvalue weighted by Gasteiger charge is -2.04. The maximum atomic E-state index is 13.2. The van der Waals surface area contributed by atoms with E-state index in [0.717, 1.165) is 11.3 Å². The van der Waals surface area contributed by atoms with Gasteiger partial charge in [0.05, 0.1) is 11.0 Å². The highest BCUT2D eigenvalue weighted by molar-refractivity contribution is 7.18. The van der Waals surface area contributed by atoms with E-state index in [2.05, 4.69) is 10.3 Å². The van der Waals surface area contributed by atoms with E-state index >= 15 is 0 Å². The van der Waals surface area contributed by atoms with Crippen LogP contribution in [0.25, 0.3) is 16.0 Å². The number of nitrogens with one attached hydrogen (secondary N) is 1. The van der Waals surface area contributed by atoms with Crippen LogP contribution in [0.4, 0.5) is 10.1 Å². The molecule has 0 saturated carbocycles. The molecule has 2 aromatic carbocycles. The normalized spacial score (nSPS) is 11.0. The Morgan fingerprint density at radius 3 is 2.79 bits per heavy atom. The van der Waals surface area contributed by atoms with Gasteiger partial charge in [0.2, 0.25) is 0 Å². The van der Waals surface area contributed by atoms with Gasteiger partial charge in [0.1, 0.15) is 10.7 Å². The van der Waals surface area contributed by atoms with Crippen molar-refractivity contribution < 1.29 is 9.18 Å². The molecular formula is C17H10FN3O2S. The summed E-state index contributed by atoms with van der Waals surface area (Å²) < 4.78 is 14.7. The fraction of sp³-hybridized carbons (Fsp3) is 0. The van der Waals surface area contributed by atoms with Crippen molar-refractivity contribution in [1.29, 1.82) is 0 Å². The summed E-state index contributed by atoms with van der Waals surface area (Å²) in [5.74, 6) is -0.923. The van der Waals surface area contributed by atoms with E-state index < -0.39 is 11.7 Å². The second-order valence-electron chi connectivity index (χ2n) is 5.13. The van der Waals surface area contributed by atoms with Crippen molar-refractivity contribution in [1.82, 2.24) is 9.38 Å². The van der Waals surface area contributed by atoms with E-state index in [4.69, 9.17) is 0 Å². The molecule has 4 aromatic rings. The van der Waals surface area contributed by atoms with E-state index in [-0.39, 0.29) is 10.4 Å². The third-order valence-electron chi connectivity index (χ3n) is 3.51. The Morgan fingerprint density at radius 1 is 1.12 bits per heavy atom. The van der Waals surface area contributed by atoms with Crippen LogP contribution in [0.3, 0.4) is 0 Å². The number of fused-ring (bicyclic) bond motifs is 3. The lowest BCUT2D eigenvalue weighted by Crippen LogP contribution is -2.17. The van der Waals surface area contributed by atoms with Crippen LogP contribution in [0.15, 0.2) is 59.4 Å². The average Bonchev–Trinajstić information content (AvgIpc) is 2.93. The Kier molecular flexibility index (Phi) is 3.35. The fourth-order valence-corrected chi connectivity index (χ4v) is 3.38. The lowest BCUT2D eigenvalue weighted by molar-refractivity contribution is 0.103. The number of anilines is 1. The summed E-state index contributed by atoms with van der Waals surface area (Å²) in [6.07, 6.45) is 0. The highest BCUT2D eigenvalue weighted by atomic mass is 32.1. The van der Waals surface area contributed by atoms with Crippen molar-refractivity contribution in [3.63, 3.8) is 0 Å². The summed E-state index contributed by atoms with van der Waals surface area (Å²) in [5, 5.41) is 2.58. The molecule has 0 unspecified atom stereocenters. The Labute approximate surface area is 139 Å². The molecule has 0 aliphatic carbocycles. The van der Waals surface area contributed by atoms with Crippen LogP contribution >= 0.6 is 11.3 Å². The number of nitrogens with zero attached hydrogens (tertiary/aromatic N) is 2. The van der Waals surface area contributed by atoms with Gasteiger partial charge in [0.15, 0.2) is 4.96 Å². The number of hydrogen-bond acceptors (Lipinski definition) is 4. The number of rotatable bonds is 2. The second-order valence-corrected chi connectivity index (χ2v) is 6.14. The maximum absolute atomic E-state index is 13.2. The smallest absolute Gasteiger partial charge is 0.266 e. The Bertz CT molecular complexity index is 1150. The van der Waals surface area contributed by atoms with Crippen molar-refractivity contribution in [3.05, 3.63) is 75.6 Å². The van der Waals surface area contributed by atoms with Crippen LogP contribution in [-0.4, -0.2) is 15.3 Å². The van der Waals surface area contributed by atoms with Crippen molar-refractivity contribution in [2.24, 2.45) is 0 Å². The van der Waals surface area contributed by atoms with Gasteiger partial charge in [-0.3, -0.25) is 14.0 Å². The molecule has 4 rings (SSSR count). The van der Waals surface area contributed by atoms with Gasteiger partial charge < -0.3 is 5.32 Å². The molecule has 2 aromatic heterocycles. The number of amides is 1. The zero-order valence-electron chi connectivity index (χ0n) is 12.2. The molecule has 0 bridgehead atoms. The molecule has 24 heavy (non-hydrogen) atoms. The number of halogens is 1. The third kappa shape index (κ3) is 2.44. The number of imidazole rings is 1. The van der Waals surface area contributed by atoms with Crippen LogP contribution in [0.5, 0.6) is 0 Å². The van der Waals surface area contributed by atoms with Gasteiger partial charge in [0, 0.05) is 11.8 Å². The number of carbonyl (C=O) groups excluding carboxylic acids is 1. The minimum absolute atomic E-state index is 0.215.